The summed E-state index contributed by atoms with van der Waals surface area (Å²) < 4.78 is 5.05. The molecule has 0 spiro atoms. The van der Waals surface area contributed by atoms with E-state index in [9.17, 15) is 4.79 Å². The SMILES string of the molecule is O=Cc1ccc2c(C3CCCCC3)c3n(c2c1)CCCn1c-3cc2ccccc21. The van der Waals surface area contributed by atoms with Gasteiger partial charge in [0, 0.05) is 40.5 Å². The molecule has 146 valence electrons. The predicted octanol–water partition coefficient (Wildman–Crippen LogP) is 6.53. The second kappa shape index (κ2) is 6.62. The van der Waals surface area contributed by atoms with Crippen molar-refractivity contribution in [1.29, 1.82) is 0 Å². The second-order valence-corrected chi connectivity index (χ2v) is 8.74. The smallest absolute Gasteiger partial charge is 0.150 e. The number of benzene rings is 2. The highest BCUT2D eigenvalue weighted by molar-refractivity contribution is 5.97. The summed E-state index contributed by atoms with van der Waals surface area (Å²) in [5, 5.41) is 2.68. The van der Waals surface area contributed by atoms with Gasteiger partial charge in [0.15, 0.2) is 0 Å². The van der Waals surface area contributed by atoms with Crippen molar-refractivity contribution in [3.8, 4) is 11.4 Å². The molecule has 1 saturated carbocycles. The highest BCUT2D eigenvalue weighted by atomic mass is 16.1. The van der Waals surface area contributed by atoms with Crippen LogP contribution in [-0.4, -0.2) is 15.4 Å². The Labute approximate surface area is 170 Å². The Morgan fingerprint density at radius 3 is 2.52 bits per heavy atom. The van der Waals surface area contributed by atoms with E-state index >= 15 is 0 Å². The molecule has 2 aliphatic rings. The number of para-hydroxylation sites is 1. The summed E-state index contributed by atoms with van der Waals surface area (Å²) in [5.74, 6) is 0.620. The van der Waals surface area contributed by atoms with Gasteiger partial charge in [0.25, 0.3) is 0 Å². The van der Waals surface area contributed by atoms with E-state index in [0.717, 1.165) is 31.4 Å². The molecule has 1 aliphatic heterocycles. The van der Waals surface area contributed by atoms with Crippen molar-refractivity contribution in [2.24, 2.45) is 0 Å². The molecule has 0 bridgehead atoms. The number of rotatable bonds is 2. The molecule has 1 fully saturated rings. The fourth-order valence-corrected chi connectivity index (χ4v) is 5.81. The lowest BCUT2D eigenvalue weighted by molar-refractivity contribution is 0.112. The number of aromatic nitrogens is 2. The summed E-state index contributed by atoms with van der Waals surface area (Å²) >= 11 is 0. The number of hydrogen-bond donors (Lipinski definition) is 0. The average molecular weight is 383 g/mol. The minimum Gasteiger partial charge on any atom is -0.339 e. The number of fused-ring (bicyclic) bond motifs is 7. The van der Waals surface area contributed by atoms with Crippen molar-refractivity contribution in [3.05, 3.63) is 59.7 Å². The minimum atomic E-state index is 0.620. The maximum atomic E-state index is 11.5. The third-order valence-electron chi connectivity index (χ3n) is 7.09. The summed E-state index contributed by atoms with van der Waals surface area (Å²) in [6.07, 6.45) is 8.66. The number of aldehydes is 1. The second-order valence-electron chi connectivity index (χ2n) is 8.74. The van der Waals surface area contributed by atoms with Crippen molar-refractivity contribution >= 4 is 28.1 Å². The molecule has 0 N–H and O–H groups in total. The first-order valence-corrected chi connectivity index (χ1v) is 11.0. The van der Waals surface area contributed by atoms with E-state index in [1.54, 1.807) is 0 Å². The van der Waals surface area contributed by atoms with Crippen LogP contribution in [0.15, 0.2) is 48.5 Å². The van der Waals surface area contributed by atoms with Gasteiger partial charge in [0.1, 0.15) is 6.29 Å². The first kappa shape index (κ1) is 17.1. The molecule has 6 rings (SSSR count). The average Bonchev–Trinajstić information content (AvgIpc) is 3.23. The molecule has 0 saturated heterocycles. The zero-order valence-electron chi connectivity index (χ0n) is 16.7. The molecule has 3 heterocycles. The Kier molecular flexibility index (Phi) is 3.90. The molecule has 0 atom stereocenters. The third-order valence-corrected chi connectivity index (χ3v) is 7.09. The largest absolute Gasteiger partial charge is 0.339 e. The number of carbonyl (C=O) groups excluding carboxylic acids is 1. The van der Waals surface area contributed by atoms with Crippen LogP contribution in [0.2, 0.25) is 0 Å². The van der Waals surface area contributed by atoms with Crippen LogP contribution < -0.4 is 0 Å². The molecule has 3 heteroatoms. The van der Waals surface area contributed by atoms with Crippen molar-refractivity contribution in [3.63, 3.8) is 0 Å². The van der Waals surface area contributed by atoms with Crippen LogP contribution in [0.4, 0.5) is 0 Å². The quantitative estimate of drug-likeness (QED) is 0.362. The van der Waals surface area contributed by atoms with Gasteiger partial charge in [-0.25, -0.2) is 0 Å². The van der Waals surface area contributed by atoms with Crippen molar-refractivity contribution < 1.29 is 4.79 Å². The molecule has 2 aromatic carbocycles. The van der Waals surface area contributed by atoms with Gasteiger partial charge in [-0.1, -0.05) is 49.6 Å². The van der Waals surface area contributed by atoms with Crippen molar-refractivity contribution in [2.75, 3.05) is 0 Å². The monoisotopic (exact) mass is 382 g/mol. The number of nitrogens with zero attached hydrogens (tertiary/aromatic N) is 2. The lowest BCUT2D eigenvalue weighted by atomic mass is 9.82. The highest BCUT2D eigenvalue weighted by Gasteiger charge is 2.29. The zero-order valence-corrected chi connectivity index (χ0v) is 16.7. The summed E-state index contributed by atoms with van der Waals surface area (Å²) in [7, 11) is 0. The molecule has 0 radical (unpaired) electrons. The van der Waals surface area contributed by atoms with E-state index in [0.29, 0.717) is 5.92 Å². The normalized spacial score (nSPS) is 17.2. The Hall–Kier alpha value is -2.81. The number of carbonyl (C=O) groups is 1. The topological polar surface area (TPSA) is 26.9 Å². The van der Waals surface area contributed by atoms with Crippen LogP contribution in [-0.2, 0) is 13.1 Å². The lowest BCUT2D eigenvalue weighted by Crippen LogP contribution is -2.07. The van der Waals surface area contributed by atoms with Crippen LogP contribution in [0.25, 0.3) is 33.2 Å². The standard InChI is InChI=1S/C26H26N2O/c29-17-18-11-12-21-23(15-18)28-14-6-13-27-22-10-5-4-9-20(22)16-24(27)26(28)25(21)19-7-2-1-3-8-19/h4-5,9-12,15-17,19H,1-3,6-8,13-14H2. The molecule has 2 aromatic heterocycles. The Bertz CT molecular complexity index is 1240. The van der Waals surface area contributed by atoms with Crippen LogP contribution in [0.5, 0.6) is 0 Å². The van der Waals surface area contributed by atoms with Gasteiger partial charge in [-0.05, 0) is 48.9 Å². The highest BCUT2D eigenvalue weighted by Crippen LogP contribution is 2.46. The summed E-state index contributed by atoms with van der Waals surface area (Å²) in [6.45, 7) is 2.06. The molecule has 1 aliphatic carbocycles. The minimum absolute atomic E-state index is 0.620. The van der Waals surface area contributed by atoms with E-state index in [2.05, 4.69) is 51.6 Å². The Morgan fingerprint density at radius 2 is 1.66 bits per heavy atom. The fourth-order valence-electron chi connectivity index (χ4n) is 5.81. The maximum Gasteiger partial charge on any atom is 0.150 e. The first-order chi connectivity index (χ1) is 14.3. The molecule has 4 aromatic rings. The van der Waals surface area contributed by atoms with Gasteiger partial charge >= 0.3 is 0 Å². The van der Waals surface area contributed by atoms with Gasteiger partial charge in [-0.2, -0.15) is 0 Å². The first-order valence-electron chi connectivity index (χ1n) is 11.0. The Morgan fingerprint density at radius 1 is 0.828 bits per heavy atom. The molecule has 0 unspecified atom stereocenters. The summed E-state index contributed by atoms with van der Waals surface area (Å²) in [6, 6.07) is 17.5. The molecular formula is C26H26N2O. The maximum absolute atomic E-state index is 11.5. The number of hydrogen-bond acceptors (Lipinski definition) is 1. The lowest BCUT2D eigenvalue weighted by Gasteiger charge is -2.23. The zero-order chi connectivity index (χ0) is 19.4. The Balaban J connectivity index is 1.71. The van der Waals surface area contributed by atoms with Crippen LogP contribution in [0.1, 0.15) is 60.4 Å². The summed E-state index contributed by atoms with van der Waals surface area (Å²) in [5.41, 5.74) is 7.64. The van der Waals surface area contributed by atoms with E-state index < -0.39 is 0 Å². The van der Waals surface area contributed by atoms with Crippen molar-refractivity contribution in [2.45, 2.75) is 57.5 Å². The van der Waals surface area contributed by atoms with Crippen molar-refractivity contribution in [1.82, 2.24) is 9.13 Å². The van der Waals surface area contributed by atoms with Crippen LogP contribution in [0, 0.1) is 0 Å². The summed E-state index contributed by atoms with van der Waals surface area (Å²) in [4.78, 5) is 11.5. The van der Waals surface area contributed by atoms with Crippen LogP contribution in [0.3, 0.4) is 0 Å². The molecule has 29 heavy (non-hydrogen) atoms. The van der Waals surface area contributed by atoms with Gasteiger partial charge in [-0.3, -0.25) is 4.79 Å². The predicted molar refractivity (Wildman–Crippen MR) is 119 cm³/mol. The van der Waals surface area contributed by atoms with Gasteiger partial charge in [0.2, 0.25) is 0 Å². The van der Waals surface area contributed by atoms with E-state index in [1.165, 1.54) is 70.9 Å². The van der Waals surface area contributed by atoms with Crippen LogP contribution >= 0.6 is 0 Å². The van der Waals surface area contributed by atoms with E-state index in [1.807, 2.05) is 6.07 Å². The fraction of sp³-hybridized carbons (Fsp3) is 0.346. The van der Waals surface area contributed by atoms with Gasteiger partial charge in [0.05, 0.1) is 11.4 Å². The molecule has 3 nitrogen and oxygen atoms in total. The van der Waals surface area contributed by atoms with Gasteiger partial charge in [-0.15, -0.1) is 0 Å². The van der Waals surface area contributed by atoms with E-state index in [4.69, 9.17) is 0 Å². The van der Waals surface area contributed by atoms with Gasteiger partial charge < -0.3 is 9.13 Å². The molecule has 0 amide bonds. The third kappa shape index (κ3) is 2.53. The molecular weight excluding hydrogens is 356 g/mol. The van der Waals surface area contributed by atoms with E-state index in [-0.39, 0.29) is 0 Å². The number of aryl methyl sites for hydroxylation is 2.